The maximum Gasteiger partial charge on any atom is 0.410 e. The molecule has 1 amide bonds. The molecule has 1 aromatic heterocycles. The average molecular weight is 572 g/mol. The zero-order valence-electron chi connectivity index (χ0n) is 23.7. The van der Waals surface area contributed by atoms with Gasteiger partial charge in [-0.3, -0.25) is 4.90 Å². The minimum atomic E-state index is -0.927. The molecule has 3 aromatic rings. The summed E-state index contributed by atoms with van der Waals surface area (Å²) in [5, 5.41) is 15.2. The second kappa shape index (κ2) is 11.4. The van der Waals surface area contributed by atoms with Gasteiger partial charge in [-0.15, -0.1) is 0 Å². The van der Waals surface area contributed by atoms with E-state index in [1.807, 2.05) is 60.8 Å². The van der Waals surface area contributed by atoms with Crippen LogP contribution in [0.5, 0.6) is 5.75 Å². The maximum atomic E-state index is 12.5. The number of aromatic nitrogens is 1. The van der Waals surface area contributed by atoms with Crippen LogP contribution >= 0.6 is 0 Å². The topological polar surface area (TPSA) is 99.6 Å². The van der Waals surface area contributed by atoms with Gasteiger partial charge in [0.1, 0.15) is 24.8 Å². The number of anilines is 3. The Hall–Kier alpha value is -3.86. The van der Waals surface area contributed by atoms with E-state index in [0.717, 1.165) is 65.8 Å². The summed E-state index contributed by atoms with van der Waals surface area (Å²) in [5.41, 5.74) is 3.90. The molecule has 0 unspecified atom stereocenters. The summed E-state index contributed by atoms with van der Waals surface area (Å²) in [6.07, 6.45) is 2.81. The summed E-state index contributed by atoms with van der Waals surface area (Å²) in [7, 11) is 0. The first kappa shape index (κ1) is 27.0. The van der Waals surface area contributed by atoms with Crippen molar-refractivity contribution in [3.8, 4) is 5.75 Å². The van der Waals surface area contributed by atoms with Crippen molar-refractivity contribution in [2.24, 2.45) is 0 Å². The second-order valence-electron chi connectivity index (χ2n) is 11.5. The van der Waals surface area contributed by atoms with Crippen molar-refractivity contribution in [1.29, 1.82) is 0 Å². The van der Waals surface area contributed by atoms with E-state index >= 15 is 0 Å². The van der Waals surface area contributed by atoms with E-state index in [-0.39, 0.29) is 12.7 Å². The van der Waals surface area contributed by atoms with Crippen LogP contribution in [0.25, 0.3) is 0 Å². The lowest BCUT2D eigenvalue weighted by molar-refractivity contribution is -0.0574. The Balaban J connectivity index is 0.962. The number of aliphatic hydroxyl groups is 1. The molecule has 0 aliphatic carbocycles. The molecule has 3 saturated heterocycles. The fraction of sp³-hybridized carbons (Fsp3) is 0.438. The largest absolute Gasteiger partial charge is 0.487 e. The number of pyridine rings is 1. The third-order valence-corrected chi connectivity index (χ3v) is 8.99. The number of ether oxygens (including phenoxy) is 3. The van der Waals surface area contributed by atoms with Gasteiger partial charge in [-0.2, -0.15) is 0 Å². The van der Waals surface area contributed by atoms with E-state index in [9.17, 15) is 9.90 Å². The number of hydrogen-bond donors (Lipinski definition) is 2. The monoisotopic (exact) mass is 571 g/mol. The van der Waals surface area contributed by atoms with Gasteiger partial charge >= 0.3 is 6.09 Å². The fourth-order valence-corrected chi connectivity index (χ4v) is 6.35. The molecule has 42 heavy (non-hydrogen) atoms. The molecule has 0 saturated carbocycles. The Bertz CT molecular complexity index is 1420. The van der Waals surface area contributed by atoms with Crippen molar-refractivity contribution < 1.29 is 24.1 Å². The number of carbonyl (C=O) groups excluding carboxylic acids is 1. The average Bonchev–Trinajstić information content (AvgIpc) is 3.20. The second-order valence-corrected chi connectivity index (χ2v) is 11.5. The molecule has 2 N–H and O–H groups in total. The van der Waals surface area contributed by atoms with Crippen LogP contribution < -0.4 is 15.0 Å². The molecule has 4 aliphatic heterocycles. The molecule has 220 valence electrons. The number of rotatable bonds is 5. The molecule has 5 heterocycles. The van der Waals surface area contributed by atoms with Crippen molar-refractivity contribution in [3.05, 3.63) is 77.5 Å². The van der Waals surface area contributed by atoms with E-state index in [4.69, 9.17) is 14.2 Å². The molecule has 0 spiro atoms. The van der Waals surface area contributed by atoms with Gasteiger partial charge in [0.15, 0.2) is 0 Å². The highest BCUT2D eigenvalue weighted by Crippen LogP contribution is 2.41. The highest BCUT2D eigenvalue weighted by Gasteiger charge is 2.41. The van der Waals surface area contributed by atoms with Gasteiger partial charge in [-0.05, 0) is 42.2 Å². The van der Waals surface area contributed by atoms with E-state index < -0.39 is 5.60 Å². The Morgan fingerprint density at radius 2 is 1.83 bits per heavy atom. The molecule has 0 bridgehead atoms. The first-order chi connectivity index (χ1) is 20.6. The zero-order chi connectivity index (χ0) is 28.5. The van der Waals surface area contributed by atoms with E-state index in [0.29, 0.717) is 51.8 Å². The molecule has 0 radical (unpaired) electrons. The van der Waals surface area contributed by atoms with Crippen LogP contribution in [-0.4, -0.2) is 84.5 Å². The third-order valence-electron chi connectivity index (χ3n) is 8.99. The van der Waals surface area contributed by atoms with Crippen LogP contribution in [0.4, 0.5) is 22.0 Å². The predicted molar refractivity (Wildman–Crippen MR) is 158 cm³/mol. The summed E-state index contributed by atoms with van der Waals surface area (Å²) in [6.45, 7) is 6.67. The van der Waals surface area contributed by atoms with E-state index in [1.54, 1.807) is 4.90 Å². The van der Waals surface area contributed by atoms with Crippen molar-refractivity contribution in [2.45, 2.75) is 37.7 Å². The lowest BCUT2D eigenvalue weighted by Crippen LogP contribution is -2.63. The lowest BCUT2D eigenvalue weighted by Gasteiger charge is -2.48. The lowest BCUT2D eigenvalue weighted by atomic mass is 9.83. The Morgan fingerprint density at radius 3 is 2.62 bits per heavy atom. The van der Waals surface area contributed by atoms with Crippen molar-refractivity contribution >= 4 is 23.3 Å². The van der Waals surface area contributed by atoms with Crippen LogP contribution in [0.15, 0.2) is 60.8 Å². The number of amides is 1. The van der Waals surface area contributed by atoms with Crippen LogP contribution in [0.2, 0.25) is 0 Å². The summed E-state index contributed by atoms with van der Waals surface area (Å²) >= 11 is 0. The number of likely N-dealkylation sites (tertiary alicyclic amines) is 2. The highest BCUT2D eigenvalue weighted by molar-refractivity contribution is 5.73. The maximum absolute atomic E-state index is 12.5. The standard InChI is InChI=1S/C32H37N5O5/c38-31(42-21-23-4-2-1-3-5-23)37-19-25(20-37)35-12-9-32(39,10-13-35)24-6-7-29-27(18-24)34-30-26(22-41-29)28(8-11-33-30)36-14-16-40-17-15-36/h1-8,11,18,25,39H,9-10,12-17,19-22H2,(H,33,34). The van der Waals surface area contributed by atoms with Gasteiger partial charge in [-0.1, -0.05) is 36.4 Å². The Labute approximate surface area is 245 Å². The predicted octanol–water partition coefficient (Wildman–Crippen LogP) is 3.86. The minimum absolute atomic E-state index is 0.267. The molecule has 0 atom stereocenters. The van der Waals surface area contributed by atoms with Gasteiger partial charge in [0.05, 0.1) is 30.1 Å². The molecular formula is C32H37N5O5. The molecule has 3 fully saturated rings. The normalized spacial score (nSPS) is 20.3. The summed E-state index contributed by atoms with van der Waals surface area (Å²) < 4.78 is 17.2. The van der Waals surface area contributed by atoms with Crippen LogP contribution in [0.3, 0.4) is 0 Å². The number of piperidine rings is 1. The van der Waals surface area contributed by atoms with E-state index in [1.165, 1.54) is 0 Å². The number of carbonyl (C=O) groups is 1. The number of hydrogen-bond acceptors (Lipinski definition) is 9. The summed E-state index contributed by atoms with van der Waals surface area (Å²) in [4.78, 5) is 23.5. The molecule has 2 aromatic carbocycles. The SMILES string of the molecule is O=C(OCc1ccccc1)N1CC(N2CCC(O)(c3ccc4c(c3)Nc3nccc(N5CCOCC5)c3CO4)CC2)C1. The van der Waals surface area contributed by atoms with Crippen molar-refractivity contribution in [3.63, 3.8) is 0 Å². The van der Waals surface area contributed by atoms with Gasteiger partial charge in [0, 0.05) is 57.2 Å². The van der Waals surface area contributed by atoms with Crippen molar-refractivity contribution in [1.82, 2.24) is 14.8 Å². The smallest absolute Gasteiger partial charge is 0.410 e. The number of fused-ring (bicyclic) bond motifs is 2. The quantitative estimate of drug-likeness (QED) is 0.473. The zero-order valence-corrected chi connectivity index (χ0v) is 23.7. The van der Waals surface area contributed by atoms with Gasteiger partial charge in [0.2, 0.25) is 0 Å². The highest BCUT2D eigenvalue weighted by atomic mass is 16.6. The number of nitrogens with one attached hydrogen (secondary N) is 1. The number of morpholine rings is 1. The molecular weight excluding hydrogens is 534 g/mol. The summed E-state index contributed by atoms with van der Waals surface area (Å²) in [5.74, 6) is 1.54. The first-order valence-corrected chi connectivity index (χ1v) is 14.8. The van der Waals surface area contributed by atoms with Crippen molar-refractivity contribution in [2.75, 3.05) is 62.7 Å². The van der Waals surface area contributed by atoms with Gasteiger partial charge in [0.25, 0.3) is 0 Å². The number of benzene rings is 2. The molecule has 10 nitrogen and oxygen atoms in total. The third kappa shape index (κ3) is 5.37. The fourth-order valence-electron chi connectivity index (χ4n) is 6.35. The van der Waals surface area contributed by atoms with Crippen LogP contribution in [-0.2, 0) is 28.3 Å². The first-order valence-electron chi connectivity index (χ1n) is 14.8. The molecule has 10 heteroatoms. The molecule has 7 rings (SSSR count). The number of nitrogens with zero attached hydrogens (tertiary/aromatic N) is 4. The van der Waals surface area contributed by atoms with E-state index in [2.05, 4.69) is 20.1 Å². The van der Waals surface area contributed by atoms with Crippen LogP contribution in [0.1, 0.15) is 29.5 Å². The Kier molecular flexibility index (Phi) is 7.35. The minimum Gasteiger partial charge on any atom is -0.487 e. The molecule has 4 aliphatic rings. The van der Waals surface area contributed by atoms with Crippen LogP contribution in [0, 0.1) is 0 Å². The summed E-state index contributed by atoms with van der Waals surface area (Å²) in [6, 6.07) is 18.0. The van der Waals surface area contributed by atoms with Gasteiger partial charge < -0.3 is 34.4 Å². The Morgan fingerprint density at radius 1 is 1.05 bits per heavy atom. The van der Waals surface area contributed by atoms with Gasteiger partial charge in [-0.25, -0.2) is 9.78 Å².